The van der Waals surface area contributed by atoms with E-state index in [1.165, 1.54) is 57.8 Å². The van der Waals surface area contributed by atoms with Gasteiger partial charge in [-0.15, -0.1) is 0 Å². The molecule has 7 nitrogen and oxygen atoms in total. The van der Waals surface area contributed by atoms with E-state index < -0.39 is 15.6 Å². The monoisotopic (exact) mass is 414 g/mol. The van der Waals surface area contributed by atoms with E-state index in [2.05, 4.69) is 15.8 Å². The molecule has 0 aromatic heterocycles. The molecular formula is C17H36O7P2. The number of unbranched alkanes of at least 4 members (excludes halogenated alkanes) is 10. The van der Waals surface area contributed by atoms with E-state index in [0.717, 1.165) is 24.8 Å². The summed E-state index contributed by atoms with van der Waals surface area (Å²) in [6.45, 7) is 3.90. The Balaban J connectivity index is 3.61. The number of allylic oxidation sites excluding steroid dienone is 1. The molecular weight excluding hydrogens is 378 g/mol. The van der Waals surface area contributed by atoms with E-state index >= 15 is 0 Å². The number of hydrogen-bond acceptors (Lipinski definition) is 4. The fourth-order valence-electron chi connectivity index (χ4n) is 2.60. The highest BCUT2D eigenvalue weighted by Crippen LogP contribution is 2.57. The van der Waals surface area contributed by atoms with Gasteiger partial charge in [0.1, 0.15) is 0 Å². The molecule has 0 heterocycles. The van der Waals surface area contributed by atoms with Crippen molar-refractivity contribution in [2.75, 3.05) is 6.61 Å². The van der Waals surface area contributed by atoms with E-state index in [4.69, 9.17) is 14.7 Å². The zero-order valence-corrected chi connectivity index (χ0v) is 17.9. The van der Waals surface area contributed by atoms with Crippen molar-refractivity contribution < 1.29 is 32.6 Å². The molecule has 3 N–H and O–H groups in total. The zero-order valence-electron chi connectivity index (χ0n) is 16.1. The lowest BCUT2D eigenvalue weighted by Crippen LogP contribution is -1.94. The molecule has 0 rings (SSSR count). The first-order chi connectivity index (χ1) is 12.2. The fourth-order valence-corrected chi connectivity index (χ4v) is 4.13. The minimum atomic E-state index is -5.05. The number of rotatable bonds is 17. The largest absolute Gasteiger partial charge is 0.481 e. The normalized spacial score (nSPS) is 15.2. The van der Waals surface area contributed by atoms with Crippen molar-refractivity contribution in [2.24, 2.45) is 0 Å². The average Bonchev–Trinajstić information content (AvgIpc) is 2.50. The van der Waals surface area contributed by atoms with Crippen LogP contribution in [-0.2, 0) is 18.0 Å². The molecule has 0 saturated carbocycles. The van der Waals surface area contributed by atoms with Crippen molar-refractivity contribution in [1.82, 2.24) is 0 Å². The van der Waals surface area contributed by atoms with Gasteiger partial charge in [-0.3, -0.25) is 4.52 Å². The van der Waals surface area contributed by atoms with Crippen molar-refractivity contribution >= 4 is 15.6 Å². The number of phosphoric ester groups is 1. The Bertz CT molecular complexity index is 474. The fraction of sp³-hybridized carbons (Fsp3) is 0.882. The lowest BCUT2D eigenvalue weighted by molar-refractivity contribution is 0.191. The number of phosphoric acid groups is 2. The van der Waals surface area contributed by atoms with Gasteiger partial charge in [0.2, 0.25) is 0 Å². The Morgan fingerprint density at radius 1 is 0.846 bits per heavy atom. The Labute approximate surface area is 158 Å². The second-order valence-electron chi connectivity index (χ2n) is 6.67. The summed E-state index contributed by atoms with van der Waals surface area (Å²) in [5.41, 5.74) is 1.01. The third-order valence-electron chi connectivity index (χ3n) is 4.05. The molecule has 156 valence electrons. The summed E-state index contributed by atoms with van der Waals surface area (Å²) in [4.78, 5) is 26.1. The molecule has 0 aliphatic heterocycles. The van der Waals surface area contributed by atoms with Crippen molar-refractivity contribution in [1.29, 1.82) is 0 Å². The summed E-state index contributed by atoms with van der Waals surface area (Å²) >= 11 is 0. The Kier molecular flexibility index (Phi) is 15.0. The maximum Gasteiger partial charge on any atom is 0.481 e. The van der Waals surface area contributed by atoms with Gasteiger partial charge in [0, 0.05) is 0 Å². The lowest BCUT2D eigenvalue weighted by Gasteiger charge is -2.11. The summed E-state index contributed by atoms with van der Waals surface area (Å²) in [5, 5.41) is 0. The van der Waals surface area contributed by atoms with Gasteiger partial charge < -0.3 is 14.7 Å². The van der Waals surface area contributed by atoms with Gasteiger partial charge in [-0.05, 0) is 19.8 Å². The summed E-state index contributed by atoms with van der Waals surface area (Å²) in [5.74, 6) is 0. The van der Waals surface area contributed by atoms with Crippen LogP contribution < -0.4 is 0 Å². The Morgan fingerprint density at radius 3 is 1.77 bits per heavy atom. The van der Waals surface area contributed by atoms with Gasteiger partial charge in [-0.2, -0.15) is 4.31 Å². The van der Waals surface area contributed by atoms with Gasteiger partial charge in [-0.25, -0.2) is 9.13 Å². The van der Waals surface area contributed by atoms with Crippen molar-refractivity contribution in [3.63, 3.8) is 0 Å². The topological polar surface area (TPSA) is 113 Å². The molecule has 0 radical (unpaired) electrons. The van der Waals surface area contributed by atoms with E-state index in [1.54, 1.807) is 6.08 Å². The molecule has 9 heteroatoms. The second-order valence-corrected chi connectivity index (χ2v) is 9.50. The first-order valence-corrected chi connectivity index (χ1v) is 12.6. The van der Waals surface area contributed by atoms with Crippen LogP contribution in [-0.4, -0.2) is 21.3 Å². The van der Waals surface area contributed by atoms with Crippen molar-refractivity contribution in [2.45, 2.75) is 90.9 Å². The van der Waals surface area contributed by atoms with Crippen LogP contribution in [0.1, 0.15) is 90.9 Å². The highest BCUT2D eigenvalue weighted by atomic mass is 31.3. The van der Waals surface area contributed by atoms with Crippen LogP contribution in [0.25, 0.3) is 0 Å². The second kappa shape index (κ2) is 15.0. The predicted molar refractivity (Wildman–Crippen MR) is 104 cm³/mol. The third kappa shape index (κ3) is 18.8. The molecule has 0 amide bonds. The summed E-state index contributed by atoms with van der Waals surface area (Å²) in [7, 11) is -9.79. The molecule has 0 bridgehead atoms. The van der Waals surface area contributed by atoms with E-state index in [1.807, 2.05) is 6.92 Å². The Hall–Kier alpha value is -0.0000000000000000416. The van der Waals surface area contributed by atoms with Crippen LogP contribution in [0.4, 0.5) is 0 Å². The lowest BCUT2D eigenvalue weighted by atomic mass is 10.0. The first kappa shape index (κ1) is 26.0. The van der Waals surface area contributed by atoms with Gasteiger partial charge in [0.25, 0.3) is 0 Å². The van der Waals surface area contributed by atoms with E-state index in [9.17, 15) is 9.13 Å². The highest BCUT2D eigenvalue weighted by molar-refractivity contribution is 7.60. The average molecular weight is 414 g/mol. The molecule has 1 unspecified atom stereocenters. The highest BCUT2D eigenvalue weighted by Gasteiger charge is 2.31. The quantitative estimate of drug-likeness (QED) is 0.155. The summed E-state index contributed by atoms with van der Waals surface area (Å²) < 4.78 is 30.0. The SMILES string of the molecule is CCCCCCCCCCCCC/C(C)=C/COP(=O)(O)OP(=O)(O)O. The number of hydrogen-bond donors (Lipinski definition) is 3. The van der Waals surface area contributed by atoms with Gasteiger partial charge in [-0.1, -0.05) is 82.8 Å². The molecule has 0 aliphatic rings. The summed E-state index contributed by atoms with van der Waals surface area (Å²) in [6.07, 6.45) is 16.6. The van der Waals surface area contributed by atoms with Crippen LogP contribution in [0.2, 0.25) is 0 Å². The van der Waals surface area contributed by atoms with E-state index in [-0.39, 0.29) is 6.61 Å². The van der Waals surface area contributed by atoms with Crippen LogP contribution in [0.5, 0.6) is 0 Å². The predicted octanol–water partition coefficient (Wildman–Crippen LogP) is 5.86. The molecule has 26 heavy (non-hydrogen) atoms. The zero-order chi connectivity index (χ0) is 19.9. The summed E-state index contributed by atoms with van der Waals surface area (Å²) in [6, 6.07) is 0. The molecule has 0 saturated heterocycles. The molecule has 0 aliphatic carbocycles. The minimum Gasteiger partial charge on any atom is -0.302 e. The third-order valence-corrected chi connectivity index (χ3v) is 6.21. The van der Waals surface area contributed by atoms with Crippen LogP contribution in [0, 0.1) is 0 Å². The van der Waals surface area contributed by atoms with Crippen LogP contribution in [0.15, 0.2) is 11.6 Å². The van der Waals surface area contributed by atoms with Gasteiger partial charge >= 0.3 is 15.6 Å². The molecule has 0 spiro atoms. The van der Waals surface area contributed by atoms with Crippen LogP contribution >= 0.6 is 15.6 Å². The standard InChI is InChI=1S/C17H36O7P2/c1-3-4-5-6-7-8-9-10-11-12-13-14-17(2)15-16-23-26(21,22)24-25(18,19)20/h15H,3-14,16H2,1-2H3,(H,21,22)(H2,18,19,20)/b17-15+. The molecule has 1 atom stereocenters. The smallest absolute Gasteiger partial charge is 0.302 e. The van der Waals surface area contributed by atoms with Gasteiger partial charge in [0.15, 0.2) is 0 Å². The van der Waals surface area contributed by atoms with E-state index in [0.29, 0.717) is 0 Å². The maximum absolute atomic E-state index is 11.3. The minimum absolute atomic E-state index is 0.225. The molecule has 0 fully saturated rings. The maximum atomic E-state index is 11.3. The molecule has 0 aromatic carbocycles. The Morgan fingerprint density at radius 2 is 1.31 bits per heavy atom. The molecule has 0 aromatic rings. The first-order valence-electron chi connectivity index (χ1n) is 9.56. The van der Waals surface area contributed by atoms with Crippen molar-refractivity contribution in [3.05, 3.63) is 11.6 Å². The van der Waals surface area contributed by atoms with Crippen molar-refractivity contribution in [3.8, 4) is 0 Å². The van der Waals surface area contributed by atoms with Gasteiger partial charge in [0.05, 0.1) is 6.61 Å². The van der Waals surface area contributed by atoms with Crippen LogP contribution in [0.3, 0.4) is 0 Å².